The number of hydrogen-bond donors (Lipinski definition) is 0. The van der Waals surface area contributed by atoms with Gasteiger partial charge in [-0.05, 0) is 36.8 Å². The van der Waals surface area contributed by atoms with E-state index in [2.05, 4.69) is 6.08 Å². The van der Waals surface area contributed by atoms with E-state index < -0.39 is 0 Å². The van der Waals surface area contributed by atoms with Crippen molar-refractivity contribution in [2.75, 3.05) is 0 Å². The molecule has 0 spiro atoms. The molecule has 2 rings (SSSR count). The predicted molar refractivity (Wildman–Crippen MR) is 49.4 cm³/mol. The van der Waals surface area contributed by atoms with Crippen molar-refractivity contribution in [2.45, 2.75) is 12.8 Å². The van der Waals surface area contributed by atoms with Crippen LogP contribution in [0.5, 0.6) is 5.75 Å². The number of allylic oxidation sites excluding steroid dienone is 2. The number of halogens is 1. The van der Waals surface area contributed by atoms with E-state index in [1.807, 2.05) is 24.3 Å². The maximum absolute atomic E-state index is 5.73. The highest BCUT2D eigenvalue weighted by Gasteiger charge is 2.07. The van der Waals surface area contributed by atoms with Gasteiger partial charge in [-0.1, -0.05) is 11.6 Å². The molecule has 0 fully saturated rings. The molecule has 0 radical (unpaired) electrons. The largest absolute Gasteiger partial charge is 0.462 e. The van der Waals surface area contributed by atoms with Crippen LogP contribution in [0.25, 0.3) is 0 Å². The van der Waals surface area contributed by atoms with Crippen LogP contribution in [0, 0.1) is 0 Å². The molecule has 2 heteroatoms. The summed E-state index contributed by atoms with van der Waals surface area (Å²) in [7, 11) is 0. The zero-order valence-electron chi connectivity index (χ0n) is 6.59. The average Bonchev–Trinajstić information content (AvgIpc) is 2.00. The minimum Gasteiger partial charge on any atom is -0.462 e. The average molecular weight is 181 g/mol. The van der Waals surface area contributed by atoms with Crippen LogP contribution in [-0.2, 0) is 0 Å². The van der Waals surface area contributed by atoms with Gasteiger partial charge in [-0.2, -0.15) is 0 Å². The minimum absolute atomic E-state index is 0.741. The molecule has 0 atom stereocenters. The summed E-state index contributed by atoms with van der Waals surface area (Å²) in [6.07, 6.45) is 4.29. The molecule has 1 aliphatic carbocycles. The first-order chi connectivity index (χ1) is 5.84. The van der Waals surface area contributed by atoms with Crippen molar-refractivity contribution in [3.63, 3.8) is 0 Å². The Kier molecular flexibility index (Phi) is 2.05. The molecule has 0 heterocycles. The Bertz CT molecular complexity index is 300. The maximum atomic E-state index is 5.73. The first-order valence-corrected chi connectivity index (χ1v) is 4.35. The Morgan fingerprint density at radius 1 is 1.17 bits per heavy atom. The maximum Gasteiger partial charge on any atom is 0.127 e. The monoisotopic (exact) mass is 180 g/mol. The SMILES string of the molecule is Clc1ccc(OC2=CCC2)cc1. The van der Waals surface area contributed by atoms with Gasteiger partial charge in [0.15, 0.2) is 0 Å². The standard InChI is InChI=1S/C10H9ClO/c11-8-4-6-10(7-5-8)12-9-2-1-3-9/h2,4-7H,1,3H2. The van der Waals surface area contributed by atoms with Gasteiger partial charge in [0.2, 0.25) is 0 Å². The molecular formula is C10H9ClO. The van der Waals surface area contributed by atoms with Crippen LogP contribution in [0.3, 0.4) is 0 Å². The van der Waals surface area contributed by atoms with E-state index in [1.54, 1.807) is 0 Å². The molecule has 0 saturated carbocycles. The second-order valence-electron chi connectivity index (χ2n) is 2.77. The van der Waals surface area contributed by atoms with Crippen molar-refractivity contribution in [3.05, 3.63) is 41.1 Å². The van der Waals surface area contributed by atoms with Crippen LogP contribution in [0.4, 0.5) is 0 Å². The van der Waals surface area contributed by atoms with Gasteiger partial charge in [0.25, 0.3) is 0 Å². The van der Waals surface area contributed by atoms with Gasteiger partial charge in [0.05, 0.1) is 0 Å². The fourth-order valence-electron chi connectivity index (χ4n) is 1.01. The number of benzene rings is 1. The molecule has 1 aromatic carbocycles. The molecule has 0 saturated heterocycles. The third-order valence-corrected chi connectivity index (χ3v) is 2.08. The van der Waals surface area contributed by atoms with Crippen LogP contribution in [-0.4, -0.2) is 0 Å². The molecule has 0 aliphatic heterocycles. The molecule has 0 unspecified atom stereocenters. The summed E-state index contributed by atoms with van der Waals surface area (Å²) in [5.74, 6) is 1.93. The first kappa shape index (κ1) is 7.69. The van der Waals surface area contributed by atoms with E-state index in [-0.39, 0.29) is 0 Å². The van der Waals surface area contributed by atoms with Gasteiger partial charge in [-0.15, -0.1) is 0 Å². The lowest BCUT2D eigenvalue weighted by atomic mass is 10.1. The van der Waals surface area contributed by atoms with Gasteiger partial charge in [0, 0.05) is 11.4 Å². The Morgan fingerprint density at radius 2 is 1.83 bits per heavy atom. The topological polar surface area (TPSA) is 9.23 Å². The summed E-state index contributed by atoms with van der Waals surface area (Å²) in [4.78, 5) is 0. The molecule has 1 nitrogen and oxygen atoms in total. The van der Waals surface area contributed by atoms with E-state index in [0.717, 1.165) is 29.4 Å². The Hall–Kier alpha value is -0.950. The molecule has 1 aromatic rings. The van der Waals surface area contributed by atoms with Crippen molar-refractivity contribution >= 4 is 11.6 Å². The highest BCUT2D eigenvalue weighted by atomic mass is 35.5. The van der Waals surface area contributed by atoms with Gasteiger partial charge >= 0.3 is 0 Å². The zero-order valence-corrected chi connectivity index (χ0v) is 7.34. The van der Waals surface area contributed by atoms with Crippen LogP contribution in [0.2, 0.25) is 5.02 Å². The van der Waals surface area contributed by atoms with Crippen LogP contribution in [0.15, 0.2) is 36.1 Å². The van der Waals surface area contributed by atoms with Crippen molar-refractivity contribution < 1.29 is 4.74 Å². The van der Waals surface area contributed by atoms with Crippen LogP contribution in [0.1, 0.15) is 12.8 Å². The summed E-state index contributed by atoms with van der Waals surface area (Å²) in [6, 6.07) is 7.41. The minimum atomic E-state index is 0.741. The molecule has 1 aliphatic rings. The predicted octanol–water partition coefficient (Wildman–Crippen LogP) is 3.40. The van der Waals surface area contributed by atoms with E-state index in [9.17, 15) is 0 Å². The van der Waals surface area contributed by atoms with Gasteiger partial charge in [-0.25, -0.2) is 0 Å². The van der Waals surface area contributed by atoms with Crippen molar-refractivity contribution in [3.8, 4) is 5.75 Å². The first-order valence-electron chi connectivity index (χ1n) is 3.97. The van der Waals surface area contributed by atoms with Crippen LogP contribution < -0.4 is 4.74 Å². The van der Waals surface area contributed by atoms with E-state index in [1.165, 1.54) is 0 Å². The second-order valence-corrected chi connectivity index (χ2v) is 3.20. The summed E-state index contributed by atoms with van der Waals surface area (Å²) in [5, 5.41) is 0.741. The molecule has 0 aromatic heterocycles. The Balaban J connectivity index is 2.08. The fourth-order valence-corrected chi connectivity index (χ4v) is 1.13. The molecular weight excluding hydrogens is 172 g/mol. The molecule has 12 heavy (non-hydrogen) atoms. The summed E-state index contributed by atoms with van der Waals surface area (Å²) in [5.41, 5.74) is 0. The quantitative estimate of drug-likeness (QED) is 0.678. The summed E-state index contributed by atoms with van der Waals surface area (Å²) < 4.78 is 5.51. The molecule has 62 valence electrons. The van der Waals surface area contributed by atoms with Crippen LogP contribution >= 0.6 is 11.6 Å². The van der Waals surface area contributed by atoms with Crippen molar-refractivity contribution in [1.29, 1.82) is 0 Å². The summed E-state index contributed by atoms with van der Waals surface area (Å²) >= 11 is 5.73. The Labute approximate surface area is 76.6 Å². The smallest absolute Gasteiger partial charge is 0.127 e. The fraction of sp³-hybridized carbons (Fsp3) is 0.200. The number of hydrogen-bond acceptors (Lipinski definition) is 1. The highest BCUT2D eigenvalue weighted by Crippen LogP contribution is 2.24. The third kappa shape index (κ3) is 1.62. The molecule has 0 amide bonds. The summed E-state index contributed by atoms with van der Waals surface area (Å²) in [6.45, 7) is 0. The number of rotatable bonds is 2. The van der Waals surface area contributed by atoms with Gasteiger partial charge in [0.1, 0.15) is 11.5 Å². The molecule has 0 bridgehead atoms. The lowest BCUT2D eigenvalue weighted by Gasteiger charge is -2.15. The normalized spacial score (nSPS) is 14.9. The zero-order chi connectivity index (χ0) is 8.39. The number of ether oxygens (including phenoxy) is 1. The van der Waals surface area contributed by atoms with Crippen molar-refractivity contribution in [2.24, 2.45) is 0 Å². The lowest BCUT2D eigenvalue weighted by molar-refractivity contribution is 0.380. The second kappa shape index (κ2) is 3.20. The lowest BCUT2D eigenvalue weighted by Crippen LogP contribution is -2.01. The van der Waals surface area contributed by atoms with E-state index in [0.29, 0.717) is 0 Å². The van der Waals surface area contributed by atoms with E-state index in [4.69, 9.17) is 16.3 Å². The van der Waals surface area contributed by atoms with Crippen molar-refractivity contribution in [1.82, 2.24) is 0 Å². The molecule has 0 N–H and O–H groups in total. The third-order valence-electron chi connectivity index (χ3n) is 1.83. The van der Waals surface area contributed by atoms with E-state index >= 15 is 0 Å². The Morgan fingerprint density at radius 3 is 2.33 bits per heavy atom. The highest BCUT2D eigenvalue weighted by molar-refractivity contribution is 6.30. The van der Waals surface area contributed by atoms with Gasteiger partial charge in [-0.3, -0.25) is 0 Å². The van der Waals surface area contributed by atoms with Gasteiger partial charge < -0.3 is 4.74 Å².